The molecule has 0 fully saturated rings. The maximum Gasteiger partial charge on any atom is 0.332 e. The molecule has 0 unspecified atom stereocenters. The number of aromatic nitrogens is 5. The first kappa shape index (κ1) is 21.6. The van der Waals surface area contributed by atoms with Crippen molar-refractivity contribution >= 4 is 16.9 Å². The van der Waals surface area contributed by atoms with Gasteiger partial charge in [-0.3, -0.25) is 23.3 Å². The molecule has 1 N–H and O–H groups in total. The lowest BCUT2D eigenvalue weighted by Crippen LogP contribution is -2.40. The van der Waals surface area contributed by atoms with Gasteiger partial charge >= 0.3 is 5.69 Å². The normalized spacial score (nSPS) is 11.8. The van der Waals surface area contributed by atoms with Gasteiger partial charge in [-0.1, -0.05) is 44.2 Å². The Morgan fingerprint density at radius 3 is 2.19 bits per heavy atom. The van der Waals surface area contributed by atoms with Crippen molar-refractivity contribution in [3.8, 4) is 5.88 Å². The molecule has 0 aliphatic carbocycles. The molecule has 0 amide bonds. The van der Waals surface area contributed by atoms with Crippen LogP contribution in [0.2, 0.25) is 0 Å². The third-order valence-corrected chi connectivity index (χ3v) is 5.66. The predicted octanol–water partition coefficient (Wildman–Crippen LogP) is 1.96. The van der Waals surface area contributed by atoms with Gasteiger partial charge in [-0.05, 0) is 31.7 Å². The van der Waals surface area contributed by atoms with Crippen LogP contribution in [0.15, 0.2) is 44.7 Å². The minimum atomic E-state index is -0.561. The molecular weight excluding hydrogens is 410 g/mol. The molecule has 0 saturated carbocycles. The number of hydrogen-bond donors (Lipinski definition) is 1. The van der Waals surface area contributed by atoms with Crippen molar-refractivity contribution in [2.24, 2.45) is 5.92 Å². The van der Waals surface area contributed by atoms with E-state index in [1.165, 1.54) is 13.5 Å². The Morgan fingerprint density at radius 2 is 1.59 bits per heavy atom. The molecule has 168 valence electrons. The Balaban J connectivity index is 2.22. The number of nitrogens with zero attached hydrogens (tertiary/aromatic N) is 5. The molecule has 0 aliphatic heterocycles. The summed E-state index contributed by atoms with van der Waals surface area (Å²) < 4.78 is 5.29. The number of aromatic hydroxyl groups is 1. The summed E-state index contributed by atoms with van der Waals surface area (Å²) in [4.78, 5) is 44.1. The van der Waals surface area contributed by atoms with E-state index < -0.39 is 16.8 Å². The van der Waals surface area contributed by atoms with Gasteiger partial charge in [0.1, 0.15) is 0 Å². The second kappa shape index (κ2) is 8.14. The van der Waals surface area contributed by atoms with E-state index in [-0.39, 0.29) is 53.9 Å². The molecular formula is C23H27N5O4. The van der Waals surface area contributed by atoms with Crippen LogP contribution >= 0.6 is 0 Å². The Bertz CT molecular complexity index is 1490. The molecule has 0 spiro atoms. The van der Waals surface area contributed by atoms with Gasteiger partial charge in [0.25, 0.3) is 11.1 Å². The van der Waals surface area contributed by atoms with Crippen molar-refractivity contribution in [3.05, 3.63) is 72.7 Å². The Hall–Kier alpha value is -3.62. The summed E-state index contributed by atoms with van der Waals surface area (Å²) >= 11 is 0. The van der Waals surface area contributed by atoms with Gasteiger partial charge < -0.3 is 5.11 Å². The van der Waals surface area contributed by atoms with E-state index in [4.69, 9.17) is 0 Å². The summed E-state index contributed by atoms with van der Waals surface area (Å²) in [5.41, 5.74) is -0.195. The van der Waals surface area contributed by atoms with Gasteiger partial charge in [0.2, 0.25) is 11.7 Å². The lowest BCUT2D eigenvalue weighted by Gasteiger charge is -2.15. The quantitative estimate of drug-likeness (QED) is 0.497. The summed E-state index contributed by atoms with van der Waals surface area (Å²) in [6.07, 6.45) is 0.338. The summed E-state index contributed by atoms with van der Waals surface area (Å²) in [7, 11) is 0. The second-order valence-corrected chi connectivity index (χ2v) is 8.27. The Kier molecular flexibility index (Phi) is 5.50. The summed E-state index contributed by atoms with van der Waals surface area (Å²) in [5.74, 6) is 0.0649. The van der Waals surface area contributed by atoms with Crippen LogP contribution in [-0.4, -0.2) is 28.2 Å². The molecule has 0 radical (unpaired) electrons. The van der Waals surface area contributed by atoms with E-state index in [0.717, 1.165) is 10.1 Å². The number of aryl methyl sites for hydroxylation is 1. The highest BCUT2D eigenvalue weighted by molar-refractivity contribution is 5.75. The zero-order valence-corrected chi connectivity index (χ0v) is 18.7. The highest BCUT2D eigenvalue weighted by Crippen LogP contribution is 2.23. The Morgan fingerprint density at radius 1 is 0.938 bits per heavy atom. The van der Waals surface area contributed by atoms with Crippen LogP contribution in [0.3, 0.4) is 0 Å². The van der Waals surface area contributed by atoms with Crippen molar-refractivity contribution < 1.29 is 5.11 Å². The molecule has 4 rings (SSSR count). The first-order chi connectivity index (χ1) is 15.3. The number of hydrogen-bond acceptors (Lipinski definition) is 5. The highest BCUT2D eigenvalue weighted by atomic mass is 16.3. The van der Waals surface area contributed by atoms with Crippen molar-refractivity contribution in [3.63, 3.8) is 0 Å². The molecule has 3 heterocycles. The van der Waals surface area contributed by atoms with Gasteiger partial charge in [0.15, 0.2) is 11.2 Å². The van der Waals surface area contributed by atoms with Crippen LogP contribution in [0.4, 0.5) is 0 Å². The van der Waals surface area contributed by atoms with Crippen LogP contribution in [0.1, 0.15) is 38.8 Å². The molecule has 4 aromatic rings. The summed E-state index contributed by atoms with van der Waals surface area (Å²) in [6.45, 7) is 8.12. The topological polar surface area (TPSA) is 104 Å². The van der Waals surface area contributed by atoms with Crippen LogP contribution in [0.25, 0.3) is 16.9 Å². The van der Waals surface area contributed by atoms with Crippen LogP contribution in [-0.2, 0) is 26.1 Å². The minimum Gasteiger partial charge on any atom is -0.494 e. The second-order valence-electron chi connectivity index (χ2n) is 8.27. The third-order valence-electron chi connectivity index (χ3n) is 5.66. The highest BCUT2D eigenvalue weighted by Gasteiger charge is 2.25. The van der Waals surface area contributed by atoms with Crippen molar-refractivity contribution in [2.45, 2.75) is 53.8 Å². The van der Waals surface area contributed by atoms with Gasteiger partial charge in [-0.25, -0.2) is 9.20 Å². The van der Waals surface area contributed by atoms with E-state index in [2.05, 4.69) is 4.98 Å². The fraction of sp³-hybridized carbons (Fsp3) is 0.391. The number of rotatable bonds is 6. The van der Waals surface area contributed by atoms with Gasteiger partial charge in [-0.2, -0.15) is 4.98 Å². The maximum absolute atomic E-state index is 13.5. The molecule has 9 nitrogen and oxygen atoms in total. The van der Waals surface area contributed by atoms with Crippen molar-refractivity contribution in [2.75, 3.05) is 0 Å². The zero-order valence-electron chi connectivity index (χ0n) is 18.7. The van der Waals surface area contributed by atoms with Crippen molar-refractivity contribution in [1.82, 2.24) is 23.1 Å². The number of fused-ring (bicyclic) bond motifs is 3. The van der Waals surface area contributed by atoms with E-state index >= 15 is 0 Å². The SMILES string of the molecule is CCn1c(=O)c2c(nc3n(Cc4ccccc4)c(O)c(CC(C)C)c(=O)n23)n(CC)c1=O. The van der Waals surface area contributed by atoms with Gasteiger partial charge in [0, 0.05) is 13.1 Å². The van der Waals surface area contributed by atoms with E-state index in [1.54, 1.807) is 13.8 Å². The van der Waals surface area contributed by atoms with Crippen LogP contribution in [0.5, 0.6) is 5.88 Å². The number of imidazole rings is 1. The third kappa shape index (κ3) is 3.24. The average molecular weight is 438 g/mol. The maximum atomic E-state index is 13.5. The van der Waals surface area contributed by atoms with E-state index in [9.17, 15) is 19.5 Å². The molecule has 0 atom stereocenters. The lowest BCUT2D eigenvalue weighted by atomic mass is 10.0. The predicted molar refractivity (Wildman–Crippen MR) is 123 cm³/mol. The summed E-state index contributed by atoms with van der Waals surface area (Å²) in [5, 5.41) is 11.1. The van der Waals surface area contributed by atoms with Gasteiger partial charge in [-0.15, -0.1) is 0 Å². The lowest BCUT2D eigenvalue weighted by molar-refractivity contribution is 0.407. The van der Waals surface area contributed by atoms with E-state index in [1.807, 2.05) is 44.2 Å². The first-order valence-corrected chi connectivity index (χ1v) is 10.8. The molecule has 1 aromatic carbocycles. The fourth-order valence-electron chi connectivity index (χ4n) is 4.15. The minimum absolute atomic E-state index is 0.0557. The molecule has 32 heavy (non-hydrogen) atoms. The summed E-state index contributed by atoms with van der Waals surface area (Å²) in [6, 6.07) is 9.48. The average Bonchev–Trinajstić information content (AvgIpc) is 3.16. The molecule has 3 aromatic heterocycles. The molecule has 0 bridgehead atoms. The largest absolute Gasteiger partial charge is 0.494 e. The van der Waals surface area contributed by atoms with Crippen molar-refractivity contribution in [1.29, 1.82) is 0 Å². The standard InChI is InChI=1S/C23H27N5O4/c1-5-25-18-17(21(31)26(6-2)23(25)32)28-20(30)16(12-14(3)4)19(29)27(22(28)24-18)13-15-10-8-7-9-11-15/h7-11,14,29H,5-6,12-13H2,1-4H3. The van der Waals surface area contributed by atoms with Crippen LogP contribution < -0.4 is 16.8 Å². The molecule has 9 heteroatoms. The zero-order chi connectivity index (χ0) is 23.2. The molecule has 0 aliphatic rings. The van der Waals surface area contributed by atoms with Crippen LogP contribution in [0, 0.1) is 5.92 Å². The molecule has 0 saturated heterocycles. The van der Waals surface area contributed by atoms with Gasteiger partial charge in [0.05, 0.1) is 12.1 Å². The monoisotopic (exact) mass is 437 g/mol. The number of benzene rings is 1. The van der Waals surface area contributed by atoms with E-state index in [0.29, 0.717) is 6.42 Å². The Labute approximate surface area is 183 Å². The fourth-order valence-corrected chi connectivity index (χ4v) is 4.15. The smallest absolute Gasteiger partial charge is 0.332 e. The first-order valence-electron chi connectivity index (χ1n) is 10.8.